The first-order valence-electron chi connectivity index (χ1n) is 13.3. The van der Waals surface area contributed by atoms with Crippen molar-refractivity contribution in [2.75, 3.05) is 12.3 Å². The number of anilines is 1. The number of imidazole rings is 1. The molecular weight excluding hydrogens is 518 g/mol. The fourth-order valence-electron chi connectivity index (χ4n) is 4.60. The van der Waals surface area contributed by atoms with E-state index in [0.29, 0.717) is 17.0 Å². The van der Waals surface area contributed by atoms with Gasteiger partial charge in [0.05, 0.1) is 0 Å². The number of fused-ring (bicyclic) bond motifs is 1. The van der Waals surface area contributed by atoms with Crippen LogP contribution in [0.1, 0.15) is 70.5 Å². The molecule has 1 aliphatic heterocycles. The second kappa shape index (κ2) is 12.0. The minimum atomic E-state index is -0.805. The molecule has 3 heterocycles. The van der Waals surface area contributed by atoms with Gasteiger partial charge in [-0.15, -0.1) is 0 Å². The maximum Gasteiger partial charge on any atom is 0.306 e. The van der Waals surface area contributed by atoms with Crippen LogP contribution in [0.15, 0.2) is 29.1 Å². The number of esters is 2. The first-order chi connectivity index (χ1) is 18.9. The third-order valence-electron chi connectivity index (χ3n) is 6.41. The highest BCUT2D eigenvalue weighted by atomic mass is 16.6. The molecule has 12 nitrogen and oxygen atoms in total. The van der Waals surface area contributed by atoms with Crippen molar-refractivity contribution in [1.82, 2.24) is 19.5 Å². The summed E-state index contributed by atoms with van der Waals surface area (Å²) in [5, 5.41) is 0. The van der Waals surface area contributed by atoms with E-state index in [1.807, 2.05) is 27.7 Å². The zero-order chi connectivity index (χ0) is 29.1. The molecule has 1 aliphatic rings. The van der Waals surface area contributed by atoms with Crippen LogP contribution < -0.4 is 11.3 Å². The number of nitrogens with one attached hydrogen (secondary N) is 1. The average molecular weight is 554 g/mol. The lowest BCUT2D eigenvalue weighted by atomic mass is 10.1. The van der Waals surface area contributed by atoms with E-state index in [4.69, 9.17) is 19.9 Å². The lowest BCUT2D eigenvalue weighted by Crippen LogP contribution is -2.32. The highest BCUT2D eigenvalue weighted by Gasteiger charge is 2.41. The maximum atomic E-state index is 12.8. The standard InChI is InChI=1S/C28H35N5O7/c1-14(2)9-22(35)38-13-20-19(40-23(36)10-15(3)4)12-21(39-20)33-25(18-8-6-7-17(11-18)16(5)34)30-24-26(33)31-28(29)32-27(24)37/h6-8,11,14-15,19-21H,9-10,12-13H2,1-5H3,(H3,29,31,32,37)/t19-,20+,21+/m0/s1. The van der Waals surface area contributed by atoms with Gasteiger partial charge in [-0.05, 0) is 24.8 Å². The molecule has 0 bridgehead atoms. The van der Waals surface area contributed by atoms with Gasteiger partial charge in [0, 0.05) is 30.4 Å². The van der Waals surface area contributed by atoms with Crippen LogP contribution in [-0.2, 0) is 23.8 Å². The van der Waals surface area contributed by atoms with E-state index in [1.54, 1.807) is 28.8 Å². The summed E-state index contributed by atoms with van der Waals surface area (Å²) < 4.78 is 19.2. The van der Waals surface area contributed by atoms with E-state index in [1.165, 1.54) is 6.92 Å². The van der Waals surface area contributed by atoms with Crippen LogP contribution in [0.25, 0.3) is 22.6 Å². The molecule has 3 N–H and O–H groups in total. The monoisotopic (exact) mass is 553 g/mol. The van der Waals surface area contributed by atoms with Gasteiger partial charge in [-0.1, -0.05) is 45.9 Å². The van der Waals surface area contributed by atoms with Crippen LogP contribution in [0.4, 0.5) is 5.95 Å². The molecule has 0 spiro atoms. The Balaban J connectivity index is 1.75. The Morgan fingerprint density at radius 2 is 1.82 bits per heavy atom. The van der Waals surface area contributed by atoms with Crippen LogP contribution in [-0.4, -0.2) is 56.1 Å². The predicted octanol–water partition coefficient (Wildman–Crippen LogP) is 3.41. The molecule has 0 radical (unpaired) electrons. The zero-order valence-corrected chi connectivity index (χ0v) is 23.3. The largest absolute Gasteiger partial charge is 0.463 e. The third-order valence-corrected chi connectivity index (χ3v) is 6.41. The molecule has 4 rings (SSSR count). The van der Waals surface area contributed by atoms with E-state index < -0.39 is 30.0 Å². The van der Waals surface area contributed by atoms with Gasteiger partial charge in [-0.3, -0.25) is 28.7 Å². The smallest absolute Gasteiger partial charge is 0.306 e. The Labute approximate surface area is 231 Å². The van der Waals surface area contributed by atoms with Crippen molar-refractivity contribution in [3.63, 3.8) is 0 Å². The number of nitrogens with two attached hydrogens (primary N) is 1. The van der Waals surface area contributed by atoms with Crippen LogP contribution in [0.5, 0.6) is 0 Å². The molecular formula is C28H35N5O7. The summed E-state index contributed by atoms with van der Waals surface area (Å²) in [5.41, 5.74) is 6.53. The normalized spacial score (nSPS) is 18.9. The number of aromatic nitrogens is 4. The number of Topliss-reactive ketones (excluding diaryl/α,β-unsaturated/α-hetero) is 1. The molecule has 1 fully saturated rings. The van der Waals surface area contributed by atoms with E-state index >= 15 is 0 Å². The van der Waals surface area contributed by atoms with Gasteiger partial charge in [0.1, 0.15) is 30.9 Å². The van der Waals surface area contributed by atoms with Gasteiger partial charge < -0.3 is 19.9 Å². The first kappa shape index (κ1) is 28.9. The minimum Gasteiger partial charge on any atom is -0.463 e. The Bertz CT molecular complexity index is 1480. The Morgan fingerprint density at radius 1 is 1.12 bits per heavy atom. The van der Waals surface area contributed by atoms with E-state index in [0.717, 1.165) is 0 Å². The van der Waals surface area contributed by atoms with Crippen molar-refractivity contribution >= 4 is 34.8 Å². The molecule has 40 heavy (non-hydrogen) atoms. The fourth-order valence-corrected chi connectivity index (χ4v) is 4.60. The van der Waals surface area contributed by atoms with E-state index in [9.17, 15) is 19.2 Å². The number of hydrogen-bond acceptors (Lipinski definition) is 10. The summed E-state index contributed by atoms with van der Waals surface area (Å²) in [6.07, 6.45) is -1.69. The van der Waals surface area contributed by atoms with E-state index in [-0.39, 0.29) is 66.6 Å². The summed E-state index contributed by atoms with van der Waals surface area (Å²) in [4.78, 5) is 61.0. The summed E-state index contributed by atoms with van der Waals surface area (Å²) in [6.45, 7) is 8.97. The van der Waals surface area contributed by atoms with Crippen molar-refractivity contribution in [3.8, 4) is 11.4 Å². The number of hydrogen-bond donors (Lipinski definition) is 2. The van der Waals surface area contributed by atoms with Gasteiger partial charge in [0.25, 0.3) is 5.56 Å². The van der Waals surface area contributed by atoms with Gasteiger partial charge in [-0.25, -0.2) is 4.98 Å². The molecule has 0 saturated carbocycles. The highest BCUT2D eigenvalue weighted by molar-refractivity contribution is 5.95. The highest BCUT2D eigenvalue weighted by Crippen LogP contribution is 2.37. The maximum absolute atomic E-state index is 12.8. The number of ether oxygens (including phenoxy) is 3. The fraction of sp³-hybridized carbons (Fsp3) is 0.500. The minimum absolute atomic E-state index is 0.0289. The van der Waals surface area contributed by atoms with Crippen molar-refractivity contribution in [3.05, 3.63) is 40.2 Å². The zero-order valence-electron chi connectivity index (χ0n) is 23.3. The molecule has 2 aromatic heterocycles. The number of nitrogens with zero attached hydrogens (tertiary/aromatic N) is 3. The average Bonchev–Trinajstić information content (AvgIpc) is 3.43. The number of ketones is 1. The lowest BCUT2D eigenvalue weighted by molar-refractivity contribution is -0.159. The summed E-state index contributed by atoms with van der Waals surface area (Å²) in [6, 6.07) is 6.81. The number of aromatic amines is 1. The number of nitrogen functional groups attached to an aromatic ring is 1. The molecule has 0 unspecified atom stereocenters. The van der Waals surface area contributed by atoms with Crippen molar-refractivity contribution < 1.29 is 28.6 Å². The molecule has 1 aromatic carbocycles. The number of H-pyrrole nitrogens is 1. The number of carbonyl (C=O) groups is 3. The molecule has 0 aliphatic carbocycles. The summed E-state index contributed by atoms with van der Waals surface area (Å²) in [7, 11) is 0. The van der Waals surface area contributed by atoms with Crippen molar-refractivity contribution in [1.29, 1.82) is 0 Å². The Morgan fingerprint density at radius 3 is 2.50 bits per heavy atom. The summed E-state index contributed by atoms with van der Waals surface area (Å²) in [5.74, 6) is -0.510. The molecule has 0 amide bonds. The third kappa shape index (κ3) is 6.56. The topological polar surface area (TPSA) is 168 Å². The second-order valence-corrected chi connectivity index (χ2v) is 10.8. The Hall–Kier alpha value is -4.06. The predicted molar refractivity (Wildman–Crippen MR) is 146 cm³/mol. The van der Waals surface area contributed by atoms with Crippen LogP contribution >= 0.6 is 0 Å². The van der Waals surface area contributed by atoms with Crippen LogP contribution in [0, 0.1) is 11.8 Å². The van der Waals surface area contributed by atoms with Gasteiger partial charge >= 0.3 is 11.9 Å². The van der Waals surface area contributed by atoms with Crippen molar-refractivity contribution in [2.45, 2.75) is 72.3 Å². The molecule has 3 atom stereocenters. The van der Waals surface area contributed by atoms with Crippen LogP contribution in [0.2, 0.25) is 0 Å². The quantitative estimate of drug-likeness (QED) is 0.280. The molecule has 12 heteroatoms. The lowest BCUT2D eigenvalue weighted by Gasteiger charge is -2.19. The molecule has 214 valence electrons. The number of benzene rings is 1. The number of carbonyl (C=O) groups excluding carboxylic acids is 3. The second-order valence-electron chi connectivity index (χ2n) is 10.8. The first-order valence-corrected chi connectivity index (χ1v) is 13.3. The molecule has 3 aromatic rings. The molecule has 1 saturated heterocycles. The van der Waals surface area contributed by atoms with Gasteiger partial charge in [0.15, 0.2) is 16.9 Å². The van der Waals surface area contributed by atoms with Gasteiger partial charge in [-0.2, -0.15) is 4.98 Å². The summed E-state index contributed by atoms with van der Waals surface area (Å²) >= 11 is 0. The number of rotatable bonds is 10. The SMILES string of the molecule is CC(=O)c1cccc(-c2nc3c(=O)[nH]c(N)nc3n2[C@H]2C[C@H](OC(=O)CC(C)C)[C@@H](COC(=O)CC(C)C)O2)c1. The Kier molecular flexibility index (Phi) is 8.67. The van der Waals surface area contributed by atoms with E-state index in [2.05, 4.69) is 15.0 Å². The van der Waals surface area contributed by atoms with Crippen LogP contribution in [0.3, 0.4) is 0 Å². The van der Waals surface area contributed by atoms with Crippen molar-refractivity contribution in [2.24, 2.45) is 11.8 Å². The van der Waals surface area contributed by atoms with Gasteiger partial charge in [0.2, 0.25) is 5.95 Å².